The lowest BCUT2D eigenvalue weighted by Crippen LogP contribution is -2.59. The number of morpholine rings is 1. The Labute approximate surface area is 252 Å². The zero-order valence-electron chi connectivity index (χ0n) is 24.4. The van der Waals surface area contributed by atoms with Gasteiger partial charge in [0.2, 0.25) is 0 Å². The molecule has 238 valence electrons. The first-order valence-corrected chi connectivity index (χ1v) is 14.6. The highest BCUT2D eigenvalue weighted by Crippen LogP contribution is 2.52. The number of ether oxygens (including phenoxy) is 4. The molecule has 0 saturated carbocycles. The number of ketones is 2. The van der Waals surface area contributed by atoms with Crippen molar-refractivity contribution >= 4 is 11.6 Å². The standard InChI is InChI=1S/C31H36FNO11/c1-14-27(36)20(33-6-7-42-24(12-33)41-2)9-23(43-14)44-21-11-31(40,22(35)13-34)10-18-25(21)29(38)17-8-16-15(4-3-5-19(16)32)28(37)26(17)30(18)39/h3-5,14,20-21,23-24,27,34,36,38-40H,6-13H2,1-2H3/t14-,20-,21-,23-,24-,27+,31-/m0/s1. The summed E-state index contributed by atoms with van der Waals surface area (Å²) in [5, 5.41) is 55.2. The minimum absolute atomic E-state index is 0.00141. The van der Waals surface area contributed by atoms with Gasteiger partial charge in [-0.2, -0.15) is 0 Å². The molecule has 0 spiro atoms. The van der Waals surface area contributed by atoms with Gasteiger partial charge in [0.25, 0.3) is 0 Å². The van der Waals surface area contributed by atoms with Crippen molar-refractivity contribution in [2.45, 2.75) is 75.1 Å². The molecule has 12 nitrogen and oxygen atoms in total. The second-order valence-electron chi connectivity index (χ2n) is 11.9. The third kappa shape index (κ3) is 5.11. The SMILES string of the molecule is CO[C@@H]1CN([C@H]2C[C@H](O[C@H]3C[C@](O)(C(=O)CO)Cc4c(O)c5c(c(O)c43)Cc3c(F)cccc3C5=O)O[C@@H](C)[C@H]2O)CCO1. The van der Waals surface area contributed by atoms with Crippen molar-refractivity contribution in [3.05, 3.63) is 57.4 Å². The summed E-state index contributed by atoms with van der Waals surface area (Å²) in [7, 11) is 1.53. The molecular weight excluding hydrogens is 581 g/mol. The van der Waals surface area contributed by atoms with Gasteiger partial charge in [0.05, 0.1) is 30.5 Å². The number of benzene rings is 2. The largest absolute Gasteiger partial charge is 0.507 e. The molecule has 2 aromatic rings. The molecule has 7 atom stereocenters. The van der Waals surface area contributed by atoms with Gasteiger partial charge in [0, 0.05) is 79.7 Å². The molecule has 0 bridgehead atoms. The van der Waals surface area contributed by atoms with Gasteiger partial charge in [0.15, 0.2) is 24.1 Å². The van der Waals surface area contributed by atoms with Gasteiger partial charge in [-0.05, 0) is 13.0 Å². The van der Waals surface area contributed by atoms with E-state index in [2.05, 4.69) is 0 Å². The van der Waals surface area contributed by atoms with Gasteiger partial charge >= 0.3 is 0 Å². The van der Waals surface area contributed by atoms with Gasteiger partial charge in [0.1, 0.15) is 29.5 Å². The van der Waals surface area contributed by atoms with E-state index in [1.807, 2.05) is 4.90 Å². The molecule has 0 radical (unpaired) electrons. The van der Waals surface area contributed by atoms with Crippen LogP contribution < -0.4 is 0 Å². The van der Waals surface area contributed by atoms with Gasteiger partial charge in [-0.3, -0.25) is 14.5 Å². The number of halogens is 1. The van der Waals surface area contributed by atoms with E-state index in [-0.39, 0.29) is 46.2 Å². The summed E-state index contributed by atoms with van der Waals surface area (Å²) >= 11 is 0. The Balaban J connectivity index is 1.39. The van der Waals surface area contributed by atoms with E-state index >= 15 is 0 Å². The maximum atomic E-state index is 14.8. The number of rotatable bonds is 6. The van der Waals surface area contributed by atoms with Crippen LogP contribution in [0.4, 0.5) is 4.39 Å². The van der Waals surface area contributed by atoms with E-state index in [0.29, 0.717) is 19.7 Å². The molecule has 2 fully saturated rings. The topological polar surface area (TPSA) is 175 Å². The van der Waals surface area contributed by atoms with Crippen molar-refractivity contribution in [3.8, 4) is 11.5 Å². The lowest BCUT2D eigenvalue weighted by atomic mass is 9.72. The van der Waals surface area contributed by atoms with E-state index in [4.69, 9.17) is 18.9 Å². The summed E-state index contributed by atoms with van der Waals surface area (Å²) in [4.78, 5) is 28.3. The van der Waals surface area contributed by atoms with Crippen LogP contribution in [0.15, 0.2) is 18.2 Å². The number of hydrogen-bond acceptors (Lipinski definition) is 12. The molecule has 44 heavy (non-hydrogen) atoms. The quantitative estimate of drug-likeness (QED) is 0.247. The fourth-order valence-corrected chi connectivity index (χ4v) is 7.04. The van der Waals surface area contributed by atoms with Crippen LogP contribution in [0, 0.1) is 5.82 Å². The smallest absolute Gasteiger partial charge is 0.197 e. The number of aliphatic hydroxyl groups is 3. The van der Waals surface area contributed by atoms with Gasteiger partial charge in [-0.1, -0.05) is 12.1 Å². The molecule has 6 rings (SSSR count). The number of nitrogens with zero attached hydrogens (tertiary/aromatic N) is 1. The van der Waals surface area contributed by atoms with E-state index in [1.165, 1.54) is 25.3 Å². The fraction of sp³-hybridized carbons (Fsp3) is 0.548. The zero-order chi connectivity index (χ0) is 31.5. The second kappa shape index (κ2) is 11.7. The highest BCUT2D eigenvalue weighted by Gasteiger charge is 2.49. The normalized spacial score (nSPS) is 32.1. The lowest BCUT2D eigenvalue weighted by Gasteiger charge is -2.47. The number of Topliss-reactive ketones (excluding diaryl/α,β-unsaturated/α-hetero) is 1. The third-order valence-electron chi connectivity index (χ3n) is 9.40. The van der Waals surface area contributed by atoms with Crippen LogP contribution in [-0.2, 0) is 36.6 Å². The van der Waals surface area contributed by atoms with Crippen molar-refractivity contribution < 1.29 is 58.5 Å². The molecule has 2 aliphatic carbocycles. The molecule has 5 N–H and O–H groups in total. The first-order chi connectivity index (χ1) is 21.0. The molecule has 2 aliphatic heterocycles. The van der Waals surface area contributed by atoms with Gasteiger partial charge < -0.3 is 44.5 Å². The summed E-state index contributed by atoms with van der Waals surface area (Å²) in [5.41, 5.74) is -2.40. The predicted octanol–water partition coefficient (Wildman–Crippen LogP) is 0.838. The van der Waals surface area contributed by atoms with Crippen molar-refractivity contribution in [2.24, 2.45) is 0 Å². The number of methoxy groups -OCH3 is 1. The Morgan fingerprint density at radius 3 is 2.68 bits per heavy atom. The molecule has 0 amide bonds. The summed E-state index contributed by atoms with van der Waals surface area (Å²) in [6.45, 7) is 1.98. The Bertz CT molecular complexity index is 1480. The summed E-state index contributed by atoms with van der Waals surface area (Å²) in [6.07, 6.45) is -5.25. The molecule has 13 heteroatoms. The number of carbonyl (C=O) groups excluding carboxylic acids is 2. The van der Waals surface area contributed by atoms with Crippen molar-refractivity contribution in [2.75, 3.05) is 33.4 Å². The van der Waals surface area contributed by atoms with Crippen LogP contribution in [0.25, 0.3) is 0 Å². The lowest BCUT2D eigenvalue weighted by molar-refractivity contribution is -0.266. The van der Waals surface area contributed by atoms with Crippen LogP contribution in [0.5, 0.6) is 11.5 Å². The average molecular weight is 618 g/mol. The minimum Gasteiger partial charge on any atom is -0.507 e. The minimum atomic E-state index is -2.21. The number of aromatic hydroxyl groups is 2. The van der Waals surface area contributed by atoms with Gasteiger partial charge in [-0.25, -0.2) is 4.39 Å². The Morgan fingerprint density at radius 1 is 1.18 bits per heavy atom. The number of aliphatic hydroxyl groups excluding tert-OH is 2. The summed E-state index contributed by atoms with van der Waals surface area (Å²) in [5.74, 6) is -3.26. The van der Waals surface area contributed by atoms with Crippen LogP contribution in [0.3, 0.4) is 0 Å². The predicted molar refractivity (Wildman–Crippen MR) is 149 cm³/mol. The fourth-order valence-electron chi connectivity index (χ4n) is 7.04. The number of fused-ring (bicyclic) bond motifs is 3. The molecule has 4 aliphatic rings. The Kier molecular flexibility index (Phi) is 8.26. The average Bonchev–Trinajstić information content (AvgIpc) is 3.01. The van der Waals surface area contributed by atoms with E-state index in [9.17, 15) is 39.5 Å². The molecule has 2 heterocycles. The number of phenolic OH excluding ortho intramolecular Hbond substituents is 2. The molecule has 2 saturated heterocycles. The third-order valence-corrected chi connectivity index (χ3v) is 9.40. The van der Waals surface area contributed by atoms with E-state index in [0.717, 1.165) is 0 Å². The van der Waals surface area contributed by atoms with Crippen LogP contribution in [-0.4, -0.2) is 112 Å². The number of hydrogen-bond donors (Lipinski definition) is 5. The summed E-state index contributed by atoms with van der Waals surface area (Å²) in [6, 6.07) is 3.56. The second-order valence-corrected chi connectivity index (χ2v) is 11.9. The molecule has 0 aromatic heterocycles. The van der Waals surface area contributed by atoms with Crippen LogP contribution in [0.1, 0.15) is 64.0 Å². The van der Waals surface area contributed by atoms with Crippen LogP contribution in [0.2, 0.25) is 0 Å². The Hall–Kier alpha value is -3.01. The first-order valence-electron chi connectivity index (χ1n) is 14.6. The van der Waals surface area contributed by atoms with Crippen LogP contribution >= 0.6 is 0 Å². The maximum Gasteiger partial charge on any atom is 0.197 e. The number of phenols is 2. The van der Waals surface area contributed by atoms with Gasteiger partial charge in [-0.15, -0.1) is 0 Å². The Morgan fingerprint density at radius 2 is 1.95 bits per heavy atom. The molecule has 2 aromatic carbocycles. The first kappa shape index (κ1) is 31.0. The summed E-state index contributed by atoms with van der Waals surface area (Å²) < 4.78 is 38.0. The molecular formula is C31H36FNO11. The van der Waals surface area contributed by atoms with E-state index in [1.54, 1.807) is 6.92 Å². The molecule has 0 unspecified atom stereocenters. The zero-order valence-corrected chi connectivity index (χ0v) is 24.4. The van der Waals surface area contributed by atoms with Crippen molar-refractivity contribution in [3.63, 3.8) is 0 Å². The maximum absolute atomic E-state index is 14.8. The van der Waals surface area contributed by atoms with Crippen molar-refractivity contribution in [1.29, 1.82) is 0 Å². The highest BCUT2D eigenvalue weighted by atomic mass is 19.1. The van der Waals surface area contributed by atoms with Crippen molar-refractivity contribution in [1.82, 2.24) is 4.90 Å². The number of carbonyl (C=O) groups is 2. The highest BCUT2D eigenvalue weighted by molar-refractivity contribution is 6.15. The van der Waals surface area contributed by atoms with E-state index < -0.39 is 90.9 Å². The monoisotopic (exact) mass is 617 g/mol.